The van der Waals surface area contributed by atoms with E-state index in [-0.39, 0.29) is 24.3 Å². The molecule has 1 aliphatic rings. The smallest absolute Gasteiger partial charge is 0.341 e. The maximum atomic E-state index is 12.5. The molecule has 0 atom stereocenters. The fourth-order valence-electron chi connectivity index (χ4n) is 2.86. The van der Waals surface area contributed by atoms with Crippen LogP contribution in [0.15, 0.2) is 12.3 Å². The van der Waals surface area contributed by atoms with Crippen LogP contribution >= 0.6 is 23.7 Å². The Bertz CT molecular complexity index is 802. The predicted octanol–water partition coefficient (Wildman–Crippen LogP) is 2.80. The van der Waals surface area contributed by atoms with Gasteiger partial charge in [-0.25, -0.2) is 4.79 Å². The first-order valence-corrected chi connectivity index (χ1v) is 9.20. The van der Waals surface area contributed by atoms with Crippen LogP contribution in [0.4, 0.5) is 5.00 Å². The van der Waals surface area contributed by atoms with Gasteiger partial charge in [-0.1, -0.05) is 0 Å². The van der Waals surface area contributed by atoms with E-state index in [4.69, 9.17) is 4.74 Å². The van der Waals surface area contributed by atoms with Crippen LogP contribution in [0.3, 0.4) is 0 Å². The molecule has 26 heavy (non-hydrogen) atoms. The number of ether oxygens (including phenoxy) is 1. The van der Waals surface area contributed by atoms with E-state index in [2.05, 4.69) is 15.3 Å². The molecule has 0 aliphatic carbocycles. The van der Waals surface area contributed by atoms with Crippen LogP contribution in [0, 0.1) is 0 Å². The summed E-state index contributed by atoms with van der Waals surface area (Å²) in [5.74, 6) is -0.691. The molecular formula is C17H23ClN4O3S. The van der Waals surface area contributed by atoms with E-state index < -0.39 is 0 Å². The SMILES string of the molecule is CCOC(=O)c1c(NC(=O)c2ccn(CC)n2)sc2c1CCN(C)C2.Cl. The number of fused-ring (bicyclic) bond motifs is 1. The van der Waals surface area contributed by atoms with Gasteiger partial charge in [-0.05, 0) is 38.9 Å². The van der Waals surface area contributed by atoms with Crippen molar-refractivity contribution in [2.24, 2.45) is 0 Å². The lowest BCUT2D eigenvalue weighted by Crippen LogP contribution is -2.26. The number of carbonyl (C=O) groups excluding carboxylic acids is 2. The molecule has 3 rings (SSSR count). The molecule has 1 N–H and O–H groups in total. The van der Waals surface area contributed by atoms with Gasteiger partial charge in [0.05, 0.1) is 12.2 Å². The molecule has 0 fully saturated rings. The van der Waals surface area contributed by atoms with E-state index in [1.165, 1.54) is 11.3 Å². The van der Waals surface area contributed by atoms with Crippen LogP contribution in [0.1, 0.15) is 45.1 Å². The predicted molar refractivity (Wildman–Crippen MR) is 103 cm³/mol. The average molecular weight is 399 g/mol. The maximum absolute atomic E-state index is 12.5. The highest BCUT2D eigenvalue weighted by atomic mass is 35.5. The molecule has 7 nitrogen and oxygen atoms in total. The third-order valence-corrected chi connectivity index (χ3v) is 5.28. The van der Waals surface area contributed by atoms with E-state index in [1.807, 2.05) is 14.0 Å². The lowest BCUT2D eigenvalue weighted by molar-refractivity contribution is 0.0526. The summed E-state index contributed by atoms with van der Waals surface area (Å²) in [5, 5.41) is 7.63. The van der Waals surface area contributed by atoms with Crippen LogP contribution in [-0.2, 0) is 24.2 Å². The Morgan fingerprint density at radius 1 is 1.38 bits per heavy atom. The molecule has 0 saturated heterocycles. The van der Waals surface area contributed by atoms with Gasteiger partial charge in [-0.2, -0.15) is 5.10 Å². The van der Waals surface area contributed by atoms with Crippen molar-refractivity contribution in [3.63, 3.8) is 0 Å². The first kappa shape index (κ1) is 20.4. The van der Waals surface area contributed by atoms with E-state index in [9.17, 15) is 9.59 Å². The number of aromatic nitrogens is 2. The molecule has 9 heteroatoms. The molecule has 142 valence electrons. The lowest BCUT2D eigenvalue weighted by atomic mass is 10.0. The van der Waals surface area contributed by atoms with E-state index in [0.29, 0.717) is 29.4 Å². The number of halogens is 1. The van der Waals surface area contributed by atoms with Gasteiger partial charge >= 0.3 is 5.97 Å². The standard InChI is InChI=1S/C17H22N4O3S.ClH/c1-4-21-9-7-12(19-21)15(22)18-16-14(17(23)24-5-2)11-6-8-20(3)10-13(11)25-16;/h7,9H,4-6,8,10H2,1-3H3,(H,18,22);1H. The van der Waals surface area contributed by atoms with Crippen molar-refractivity contribution in [3.8, 4) is 0 Å². The summed E-state index contributed by atoms with van der Waals surface area (Å²) in [5.41, 5.74) is 1.83. The Morgan fingerprint density at radius 2 is 2.15 bits per heavy atom. The molecule has 0 spiro atoms. The van der Waals surface area contributed by atoms with E-state index >= 15 is 0 Å². The minimum atomic E-state index is -0.376. The highest BCUT2D eigenvalue weighted by molar-refractivity contribution is 7.17. The number of likely N-dealkylation sites (N-methyl/N-ethyl adjacent to an activating group) is 1. The zero-order valence-corrected chi connectivity index (χ0v) is 16.7. The van der Waals surface area contributed by atoms with Crippen molar-refractivity contribution in [2.45, 2.75) is 33.4 Å². The van der Waals surface area contributed by atoms with Crippen molar-refractivity contribution in [2.75, 3.05) is 25.5 Å². The van der Waals surface area contributed by atoms with Gasteiger partial charge in [0.2, 0.25) is 0 Å². The van der Waals surface area contributed by atoms with Gasteiger partial charge in [0.1, 0.15) is 5.00 Å². The number of nitrogens with one attached hydrogen (secondary N) is 1. The Balaban J connectivity index is 0.00000243. The number of thiophene rings is 1. The Hall–Kier alpha value is -1.90. The molecule has 1 aliphatic heterocycles. The van der Waals surface area contributed by atoms with Gasteiger partial charge in [-0.15, -0.1) is 23.7 Å². The summed E-state index contributed by atoms with van der Waals surface area (Å²) in [6.45, 7) is 6.38. The van der Waals surface area contributed by atoms with E-state index in [0.717, 1.165) is 30.0 Å². The molecule has 0 saturated carbocycles. The number of aryl methyl sites for hydroxylation is 1. The number of hydrogen-bond acceptors (Lipinski definition) is 6. The van der Waals surface area contributed by atoms with E-state index in [1.54, 1.807) is 23.9 Å². The summed E-state index contributed by atoms with van der Waals surface area (Å²) >= 11 is 1.45. The minimum absolute atomic E-state index is 0. The molecule has 0 aromatic carbocycles. The molecule has 0 bridgehead atoms. The summed E-state index contributed by atoms with van der Waals surface area (Å²) in [6.07, 6.45) is 2.53. The second kappa shape index (κ2) is 8.66. The topological polar surface area (TPSA) is 76.5 Å². The number of esters is 1. The van der Waals surface area contributed by atoms with Gasteiger partial charge < -0.3 is 15.0 Å². The number of amides is 1. The molecule has 2 aromatic heterocycles. The van der Waals surface area contributed by atoms with Gasteiger partial charge in [0, 0.05) is 30.7 Å². The van der Waals surface area contributed by atoms with Crippen LogP contribution < -0.4 is 5.32 Å². The monoisotopic (exact) mass is 398 g/mol. The molecule has 0 unspecified atom stereocenters. The largest absolute Gasteiger partial charge is 0.462 e. The van der Waals surface area contributed by atoms with Gasteiger partial charge in [0.25, 0.3) is 5.91 Å². The number of hydrogen-bond donors (Lipinski definition) is 1. The first-order chi connectivity index (χ1) is 12.0. The van der Waals surface area contributed by atoms with Gasteiger partial charge in [0.15, 0.2) is 5.69 Å². The minimum Gasteiger partial charge on any atom is -0.462 e. The zero-order chi connectivity index (χ0) is 18.0. The normalized spacial score (nSPS) is 13.7. The molecule has 2 aromatic rings. The third kappa shape index (κ3) is 4.08. The third-order valence-electron chi connectivity index (χ3n) is 4.15. The van der Waals surface area contributed by atoms with Crippen molar-refractivity contribution in [1.29, 1.82) is 0 Å². The Kier molecular flexibility index (Phi) is 6.80. The highest BCUT2D eigenvalue weighted by Gasteiger charge is 2.29. The Morgan fingerprint density at radius 3 is 2.81 bits per heavy atom. The second-order valence-corrected chi connectivity index (χ2v) is 7.03. The lowest BCUT2D eigenvalue weighted by Gasteiger charge is -2.22. The average Bonchev–Trinajstić information content (AvgIpc) is 3.18. The quantitative estimate of drug-likeness (QED) is 0.783. The number of nitrogens with zero attached hydrogens (tertiary/aromatic N) is 3. The molecule has 1 amide bonds. The number of rotatable bonds is 5. The second-order valence-electron chi connectivity index (χ2n) is 5.93. The fraction of sp³-hybridized carbons (Fsp3) is 0.471. The van der Waals surface area contributed by atoms with Crippen LogP contribution in [0.5, 0.6) is 0 Å². The van der Waals surface area contributed by atoms with Crippen molar-refractivity contribution >= 4 is 40.6 Å². The van der Waals surface area contributed by atoms with Crippen molar-refractivity contribution < 1.29 is 14.3 Å². The Labute approximate surface area is 162 Å². The van der Waals surface area contributed by atoms with Crippen molar-refractivity contribution in [3.05, 3.63) is 34.0 Å². The molecule has 0 radical (unpaired) electrons. The first-order valence-electron chi connectivity index (χ1n) is 8.38. The summed E-state index contributed by atoms with van der Waals surface area (Å²) in [6, 6.07) is 1.67. The van der Waals surface area contributed by atoms with Crippen LogP contribution in [0.2, 0.25) is 0 Å². The fourth-order valence-corrected chi connectivity index (χ4v) is 4.18. The van der Waals surface area contributed by atoms with Crippen molar-refractivity contribution in [1.82, 2.24) is 14.7 Å². The zero-order valence-electron chi connectivity index (χ0n) is 15.1. The summed E-state index contributed by atoms with van der Waals surface area (Å²) in [4.78, 5) is 28.3. The molecule has 3 heterocycles. The number of anilines is 1. The summed E-state index contributed by atoms with van der Waals surface area (Å²) < 4.78 is 6.90. The molecular weight excluding hydrogens is 376 g/mol. The van der Waals surface area contributed by atoms with Gasteiger partial charge in [-0.3, -0.25) is 9.48 Å². The van der Waals surface area contributed by atoms with Crippen LogP contribution in [-0.4, -0.2) is 46.8 Å². The maximum Gasteiger partial charge on any atom is 0.341 e. The number of carbonyl (C=O) groups is 2. The highest BCUT2D eigenvalue weighted by Crippen LogP contribution is 2.37. The van der Waals surface area contributed by atoms with Crippen LogP contribution in [0.25, 0.3) is 0 Å². The summed E-state index contributed by atoms with van der Waals surface area (Å²) in [7, 11) is 2.04.